The lowest BCUT2D eigenvalue weighted by Crippen LogP contribution is -2.47. The van der Waals surface area contributed by atoms with Crippen molar-refractivity contribution in [1.82, 2.24) is 44.9 Å². The number of nitrogens with one attached hydrogen (secondary N) is 3. The van der Waals surface area contributed by atoms with E-state index in [0.29, 0.717) is 111 Å². The summed E-state index contributed by atoms with van der Waals surface area (Å²) in [4.78, 5) is 94.2. The molecule has 2 atom stereocenters. The number of carbonyl (C=O) groups excluding carboxylic acids is 5. The lowest BCUT2D eigenvalue weighted by Gasteiger charge is -2.31. The standard InChI is InChI=1S/C55H75N9O10/c1-11-37-33(2)41-31-45-38(12-14-47(67)62(10)20-24-72-28-29-73-27-23-65)34(3)40(58-45)30-42-35(4)39(13-15-46(66)61(9)17-16-56-54(70)74-55(6,7)8)50(59-42)49-51-48(36(5)43(60-51)32-44(37)57-41)52(68)64(53(49)69)19-18-63-21-25-71-26-22-63/h12,14,30-32,35,39,58,60,65H,11,13,15-29H2,1-10H3,(H,56,70)/b14-12+,40-30?,41-31?,42-30?,43-32?,44-32?,45-31?,50-49?/t35-,39-/m0/s1. The van der Waals surface area contributed by atoms with Crippen LogP contribution in [0.3, 0.4) is 0 Å². The number of allylic oxidation sites excluding steroid dienone is 2. The first-order valence-corrected chi connectivity index (χ1v) is 25.9. The number of aliphatic hydroxyl groups is 1. The number of H-pyrrole nitrogens is 2. The maximum absolute atomic E-state index is 15.3. The van der Waals surface area contributed by atoms with Crippen molar-refractivity contribution in [3.63, 3.8) is 0 Å². The third-order valence-corrected chi connectivity index (χ3v) is 14.2. The molecular weight excluding hydrogens is 947 g/mol. The third-order valence-electron chi connectivity index (χ3n) is 14.2. The third kappa shape index (κ3) is 12.8. The Kier molecular flexibility index (Phi) is 18.3. The summed E-state index contributed by atoms with van der Waals surface area (Å²) < 4.78 is 21.9. The second-order valence-electron chi connectivity index (χ2n) is 20.4. The number of aryl methyl sites for hydroxylation is 2. The largest absolute Gasteiger partial charge is 0.444 e. The highest BCUT2D eigenvalue weighted by Gasteiger charge is 2.41. The van der Waals surface area contributed by atoms with Crippen molar-refractivity contribution in [3.8, 4) is 0 Å². The van der Waals surface area contributed by atoms with E-state index in [-0.39, 0.29) is 62.9 Å². The van der Waals surface area contributed by atoms with E-state index < -0.39 is 23.5 Å². The summed E-state index contributed by atoms with van der Waals surface area (Å²) >= 11 is 0. The predicted molar refractivity (Wildman–Crippen MR) is 284 cm³/mol. The average molecular weight is 1020 g/mol. The Morgan fingerprint density at radius 3 is 2.27 bits per heavy atom. The van der Waals surface area contributed by atoms with Gasteiger partial charge in [0.15, 0.2) is 0 Å². The van der Waals surface area contributed by atoms with Gasteiger partial charge in [0.1, 0.15) is 5.60 Å². The minimum atomic E-state index is -0.662. The van der Waals surface area contributed by atoms with Crippen molar-refractivity contribution in [1.29, 1.82) is 0 Å². The van der Waals surface area contributed by atoms with E-state index in [1.165, 1.54) is 4.90 Å². The molecule has 0 unspecified atom stereocenters. The molecule has 1 fully saturated rings. The molecule has 5 amide bonds. The van der Waals surface area contributed by atoms with Gasteiger partial charge in [-0.2, -0.15) is 0 Å². The molecule has 19 heteroatoms. The van der Waals surface area contributed by atoms with E-state index in [9.17, 15) is 19.2 Å². The number of morpholine rings is 1. The smallest absolute Gasteiger partial charge is 0.407 e. The van der Waals surface area contributed by atoms with Gasteiger partial charge in [0, 0.05) is 112 Å². The van der Waals surface area contributed by atoms with Gasteiger partial charge in [-0.1, -0.05) is 13.8 Å². The number of rotatable bonds is 20. The van der Waals surface area contributed by atoms with Gasteiger partial charge < -0.3 is 49.1 Å². The molecule has 0 radical (unpaired) electrons. The van der Waals surface area contributed by atoms with Gasteiger partial charge in [-0.15, -0.1) is 0 Å². The van der Waals surface area contributed by atoms with E-state index >= 15 is 4.79 Å². The number of hydrogen-bond donors (Lipinski definition) is 4. The number of fused-ring (bicyclic) bond motifs is 8. The maximum atomic E-state index is 15.3. The van der Waals surface area contributed by atoms with Gasteiger partial charge in [0.05, 0.1) is 80.0 Å². The highest BCUT2D eigenvalue weighted by atomic mass is 16.6. The first-order valence-electron chi connectivity index (χ1n) is 25.9. The van der Waals surface area contributed by atoms with E-state index in [4.69, 9.17) is 34.0 Å². The maximum Gasteiger partial charge on any atom is 0.407 e. The molecule has 0 aliphatic carbocycles. The Hall–Kier alpha value is -6.25. The SMILES string of the molecule is CCC1=C(C)c2cc3[nH]c(cc4nc(c5c6[nH]c(cc1n2)c(C)c6C(=O)N(CCN1CCOCC1)C5=O)[C@@H](CCC(=O)N(C)CCNC(=O)OC(C)(C)C)[C@@H]4C)c(C)c3/C=C/C(=O)N(C)CCOCCOCCO. The molecule has 7 rings (SSSR count). The van der Waals surface area contributed by atoms with Gasteiger partial charge in [0.25, 0.3) is 11.8 Å². The summed E-state index contributed by atoms with van der Waals surface area (Å²) in [5, 5.41) is 11.7. The number of ether oxygens (including phenoxy) is 4. The molecule has 4 N–H and O–H groups in total. The van der Waals surface area contributed by atoms with Crippen molar-refractivity contribution in [2.75, 3.05) is 106 Å². The number of hydrogen-bond acceptors (Lipinski definition) is 13. The van der Waals surface area contributed by atoms with Crippen molar-refractivity contribution in [2.45, 2.75) is 92.1 Å². The molecule has 0 aromatic carbocycles. The summed E-state index contributed by atoms with van der Waals surface area (Å²) in [6.07, 6.45) is 3.93. The fourth-order valence-corrected chi connectivity index (χ4v) is 9.84. The molecular formula is C55H75N9O10. The number of aliphatic hydroxyl groups excluding tert-OH is 1. The van der Waals surface area contributed by atoms with Crippen LogP contribution in [0.2, 0.25) is 0 Å². The number of alkyl carbamates (subject to hydrolysis) is 1. The fraction of sp³-hybridized carbons (Fsp3) is 0.545. The molecule has 1 saturated heterocycles. The van der Waals surface area contributed by atoms with Gasteiger partial charge in [-0.25, -0.2) is 9.78 Å². The topological polar surface area (TPSA) is 225 Å². The highest BCUT2D eigenvalue weighted by Crippen LogP contribution is 2.44. The van der Waals surface area contributed by atoms with Crippen LogP contribution in [0, 0.1) is 13.8 Å². The minimum Gasteiger partial charge on any atom is -0.444 e. The highest BCUT2D eigenvalue weighted by molar-refractivity contribution is 6.23. The van der Waals surface area contributed by atoms with Gasteiger partial charge >= 0.3 is 6.09 Å². The van der Waals surface area contributed by atoms with Crippen LogP contribution in [-0.4, -0.2) is 186 Å². The first kappa shape index (κ1) is 55.5. The van der Waals surface area contributed by atoms with E-state index in [1.54, 1.807) is 50.7 Å². The zero-order chi connectivity index (χ0) is 53.4. The molecule has 74 heavy (non-hydrogen) atoms. The zero-order valence-electron chi connectivity index (χ0n) is 44.9. The zero-order valence-corrected chi connectivity index (χ0v) is 44.9. The van der Waals surface area contributed by atoms with Crippen LogP contribution in [-0.2, 0) is 28.5 Å². The monoisotopic (exact) mass is 1020 g/mol. The molecule has 19 nitrogen and oxygen atoms in total. The number of carbonyl (C=O) groups is 5. The predicted octanol–water partition coefficient (Wildman–Crippen LogP) is 6.35. The van der Waals surface area contributed by atoms with E-state index in [2.05, 4.69) is 27.1 Å². The second kappa shape index (κ2) is 24.4. The molecule has 7 heterocycles. The molecule has 8 bridgehead atoms. The molecule has 4 aliphatic rings. The fourth-order valence-electron chi connectivity index (χ4n) is 9.84. The Bertz CT molecular complexity index is 2840. The van der Waals surface area contributed by atoms with Crippen LogP contribution in [0.5, 0.6) is 0 Å². The number of imide groups is 1. The summed E-state index contributed by atoms with van der Waals surface area (Å²) in [6, 6.07) is 5.94. The van der Waals surface area contributed by atoms with Crippen LogP contribution in [0.25, 0.3) is 39.3 Å². The van der Waals surface area contributed by atoms with Crippen LogP contribution in [0.4, 0.5) is 4.79 Å². The molecule has 3 aromatic heterocycles. The Labute approximate surface area is 433 Å². The molecule has 3 aromatic rings. The van der Waals surface area contributed by atoms with Crippen LogP contribution in [0.15, 0.2) is 24.3 Å². The number of aromatic amines is 2. The normalized spacial score (nSPS) is 17.1. The van der Waals surface area contributed by atoms with Crippen molar-refractivity contribution in [3.05, 3.63) is 74.9 Å². The second-order valence-corrected chi connectivity index (χ2v) is 20.4. The lowest BCUT2D eigenvalue weighted by molar-refractivity contribution is -0.130. The van der Waals surface area contributed by atoms with Gasteiger partial charge in [-0.3, -0.25) is 34.0 Å². The number of nitrogens with zero attached hydrogens (tertiary/aromatic N) is 6. The van der Waals surface area contributed by atoms with Crippen LogP contribution < -0.4 is 5.32 Å². The van der Waals surface area contributed by atoms with Crippen molar-refractivity contribution >= 4 is 69.0 Å². The molecule has 4 aliphatic heterocycles. The van der Waals surface area contributed by atoms with Gasteiger partial charge in [-0.05, 0) is 101 Å². The Balaban J connectivity index is 1.34. The lowest BCUT2D eigenvalue weighted by atomic mass is 9.84. The van der Waals surface area contributed by atoms with Crippen molar-refractivity contribution < 1.29 is 48.0 Å². The molecule has 0 saturated carbocycles. The number of likely N-dealkylation sites (N-methyl/N-ethyl adjacent to an activating group) is 2. The molecule has 400 valence electrons. The minimum absolute atomic E-state index is 0.0571. The van der Waals surface area contributed by atoms with E-state index in [0.717, 1.165) is 44.7 Å². The Morgan fingerprint density at radius 1 is 0.878 bits per heavy atom. The summed E-state index contributed by atoms with van der Waals surface area (Å²) in [5.41, 5.74) is 9.55. The summed E-state index contributed by atoms with van der Waals surface area (Å²) in [5.74, 6) is -1.91. The van der Waals surface area contributed by atoms with Gasteiger partial charge in [0.2, 0.25) is 11.8 Å². The van der Waals surface area contributed by atoms with E-state index in [1.807, 2.05) is 52.0 Å². The average Bonchev–Trinajstić information content (AvgIpc) is 4.04. The number of amides is 5. The number of aromatic nitrogens is 4. The van der Waals surface area contributed by atoms with Crippen LogP contribution in [0.1, 0.15) is 133 Å². The Morgan fingerprint density at radius 2 is 1.57 bits per heavy atom. The molecule has 0 spiro atoms. The first-order chi connectivity index (χ1) is 35.3. The quantitative estimate of drug-likeness (QED) is 0.0551. The summed E-state index contributed by atoms with van der Waals surface area (Å²) in [6.45, 7) is 20.6. The van der Waals surface area contributed by atoms with Crippen molar-refractivity contribution in [2.24, 2.45) is 0 Å². The van der Waals surface area contributed by atoms with Crippen LogP contribution >= 0.6 is 0 Å². The summed E-state index contributed by atoms with van der Waals surface area (Å²) in [7, 11) is 3.41.